The molecule has 2 aromatic rings. The molecule has 2 rings (SSSR count). The van der Waals surface area contributed by atoms with Gasteiger partial charge < -0.3 is 20.2 Å². The second-order valence-electron chi connectivity index (χ2n) is 3.95. The molecule has 2 aromatic heterocycles. The fourth-order valence-corrected chi connectivity index (χ4v) is 0.847. The van der Waals surface area contributed by atoms with Crippen LogP contribution in [0.4, 0.5) is 0 Å². The van der Waals surface area contributed by atoms with Gasteiger partial charge in [-0.15, -0.1) is 0 Å². The fourth-order valence-electron chi connectivity index (χ4n) is 0.847. The highest BCUT2D eigenvalue weighted by Gasteiger charge is 1.74. The molecule has 0 amide bonds. The van der Waals surface area contributed by atoms with E-state index in [4.69, 9.17) is 15.0 Å². The highest BCUT2D eigenvalue weighted by atomic mass is 16.4. The van der Waals surface area contributed by atoms with Crippen LogP contribution >= 0.6 is 0 Å². The molecule has 0 saturated carbocycles. The van der Waals surface area contributed by atoms with E-state index in [1.807, 2.05) is 13.8 Å². The number of aryl methyl sites for hydroxylation is 2. The second kappa shape index (κ2) is 15.9. The van der Waals surface area contributed by atoms with Gasteiger partial charge in [-0.2, -0.15) is 0 Å². The zero-order chi connectivity index (χ0) is 16.5. The number of hydrogen-bond acceptors (Lipinski definition) is 4. The van der Waals surface area contributed by atoms with Gasteiger partial charge in [-0.25, -0.2) is 9.97 Å². The summed E-state index contributed by atoms with van der Waals surface area (Å²) < 4.78 is 0. The van der Waals surface area contributed by atoms with E-state index in [2.05, 4.69) is 26.9 Å². The maximum Gasteiger partial charge on any atom is 0.300 e. The van der Waals surface area contributed by atoms with Crippen molar-refractivity contribution in [3.05, 3.63) is 36.4 Å². The lowest BCUT2D eigenvalue weighted by molar-refractivity contribution is -0.134. The van der Waals surface area contributed by atoms with Crippen molar-refractivity contribution in [2.24, 2.45) is 0 Å². The van der Waals surface area contributed by atoms with Crippen molar-refractivity contribution in [3.8, 4) is 0 Å². The second-order valence-corrected chi connectivity index (χ2v) is 3.95. The third kappa shape index (κ3) is 23.4. The number of aromatic amines is 2. The molecule has 0 aliphatic carbocycles. The largest absolute Gasteiger partial charge is 0.481 e. The number of aliphatic hydroxyl groups excluding tert-OH is 1. The van der Waals surface area contributed by atoms with Crippen molar-refractivity contribution in [2.75, 3.05) is 6.61 Å². The Bertz CT molecular complexity index is 375. The van der Waals surface area contributed by atoms with Gasteiger partial charge >= 0.3 is 0 Å². The first-order valence-corrected chi connectivity index (χ1v) is 6.66. The topological polar surface area (TPSA) is 115 Å². The molecular formula is C14H26N4O3. The van der Waals surface area contributed by atoms with Gasteiger partial charge in [0.15, 0.2) is 0 Å². The van der Waals surface area contributed by atoms with E-state index in [-0.39, 0.29) is 0 Å². The first-order valence-electron chi connectivity index (χ1n) is 6.66. The molecule has 0 unspecified atom stereocenters. The summed E-state index contributed by atoms with van der Waals surface area (Å²) in [6, 6.07) is 0. The Morgan fingerprint density at radius 2 is 1.52 bits per heavy atom. The number of unbranched alkanes of at least 4 members (excludes halogenated alkanes) is 1. The molecule has 0 atom stereocenters. The summed E-state index contributed by atoms with van der Waals surface area (Å²) in [6.45, 7) is 7.31. The Balaban J connectivity index is 0. The molecule has 0 fully saturated rings. The number of aromatic nitrogens is 4. The summed E-state index contributed by atoms with van der Waals surface area (Å²) in [6.07, 6.45) is 9.10. The summed E-state index contributed by atoms with van der Waals surface area (Å²) in [5.41, 5.74) is 0. The van der Waals surface area contributed by atoms with Crippen LogP contribution in [0, 0.1) is 13.8 Å². The number of rotatable bonds is 2. The minimum atomic E-state index is -0.833. The van der Waals surface area contributed by atoms with Crippen LogP contribution < -0.4 is 0 Å². The molecule has 7 nitrogen and oxygen atoms in total. The van der Waals surface area contributed by atoms with E-state index >= 15 is 0 Å². The molecule has 0 spiro atoms. The predicted molar refractivity (Wildman–Crippen MR) is 82.0 cm³/mol. The van der Waals surface area contributed by atoms with Crippen LogP contribution in [-0.4, -0.2) is 42.7 Å². The maximum atomic E-state index is 9.00. The van der Waals surface area contributed by atoms with E-state index in [1.165, 1.54) is 0 Å². The van der Waals surface area contributed by atoms with Crippen molar-refractivity contribution in [1.29, 1.82) is 0 Å². The number of carbonyl (C=O) groups is 1. The Morgan fingerprint density at radius 1 is 1.14 bits per heavy atom. The number of imidazole rings is 2. The summed E-state index contributed by atoms with van der Waals surface area (Å²) in [7, 11) is 0. The van der Waals surface area contributed by atoms with E-state index in [1.54, 1.807) is 24.8 Å². The average Bonchev–Trinajstić information content (AvgIpc) is 3.05. The Kier molecular flexibility index (Phi) is 16.0. The molecule has 0 aliphatic rings. The molecule has 0 bridgehead atoms. The lowest BCUT2D eigenvalue weighted by atomic mass is 10.4. The maximum absolute atomic E-state index is 9.00. The van der Waals surface area contributed by atoms with E-state index in [9.17, 15) is 0 Å². The van der Waals surface area contributed by atoms with E-state index < -0.39 is 5.97 Å². The number of aliphatic carboxylic acids is 1. The molecule has 0 aromatic carbocycles. The molecule has 120 valence electrons. The number of carboxylic acid groups (broad SMARTS) is 1. The van der Waals surface area contributed by atoms with Gasteiger partial charge in [-0.3, -0.25) is 4.79 Å². The number of nitrogens with one attached hydrogen (secondary N) is 2. The Labute approximate surface area is 125 Å². The highest BCUT2D eigenvalue weighted by Crippen LogP contribution is 1.79. The SMILES string of the molecule is CC(=O)O.CCCCO.Cc1ncc[nH]1.Cc1ncc[nH]1. The van der Waals surface area contributed by atoms with Crippen molar-refractivity contribution in [3.63, 3.8) is 0 Å². The quantitative estimate of drug-likeness (QED) is 0.679. The van der Waals surface area contributed by atoms with Crippen LogP contribution in [0.1, 0.15) is 38.3 Å². The molecule has 0 aliphatic heterocycles. The molecule has 4 N–H and O–H groups in total. The molecule has 21 heavy (non-hydrogen) atoms. The zero-order valence-electron chi connectivity index (χ0n) is 13.1. The van der Waals surface area contributed by atoms with Gasteiger partial charge in [-0.1, -0.05) is 13.3 Å². The summed E-state index contributed by atoms with van der Waals surface area (Å²) >= 11 is 0. The van der Waals surface area contributed by atoms with Crippen molar-refractivity contribution in [1.82, 2.24) is 19.9 Å². The normalized spacial score (nSPS) is 8.24. The van der Waals surface area contributed by atoms with Gasteiger partial charge in [0, 0.05) is 38.3 Å². The van der Waals surface area contributed by atoms with Crippen LogP contribution in [0.3, 0.4) is 0 Å². The van der Waals surface area contributed by atoms with E-state index in [0.717, 1.165) is 31.4 Å². The van der Waals surface area contributed by atoms with Gasteiger partial charge in [0.25, 0.3) is 5.97 Å². The minimum absolute atomic E-state index is 0.344. The third-order valence-electron chi connectivity index (χ3n) is 1.78. The molecule has 0 radical (unpaired) electrons. The molecule has 0 saturated heterocycles. The van der Waals surface area contributed by atoms with Crippen LogP contribution in [0.5, 0.6) is 0 Å². The Hall–Kier alpha value is -2.15. The van der Waals surface area contributed by atoms with Gasteiger partial charge in [0.2, 0.25) is 0 Å². The van der Waals surface area contributed by atoms with Crippen molar-refractivity contribution < 1.29 is 15.0 Å². The van der Waals surface area contributed by atoms with Crippen LogP contribution in [0.2, 0.25) is 0 Å². The Morgan fingerprint density at radius 3 is 1.57 bits per heavy atom. The lowest BCUT2D eigenvalue weighted by Gasteiger charge is -1.79. The molecular weight excluding hydrogens is 272 g/mol. The summed E-state index contributed by atoms with van der Waals surface area (Å²) in [5, 5.41) is 15.5. The van der Waals surface area contributed by atoms with Crippen LogP contribution in [0.25, 0.3) is 0 Å². The molecule has 2 heterocycles. The number of aliphatic hydroxyl groups is 1. The standard InChI is InChI=1S/2C4H6N2.C4H10O.C2H4O2/c2*1-4-5-2-3-6-4;1-2-3-4-5;1-2(3)4/h2*2-3H,1H3,(H,5,6);5H,2-4H2,1H3;1H3,(H,3,4). The van der Waals surface area contributed by atoms with Gasteiger partial charge in [0.05, 0.1) is 0 Å². The van der Waals surface area contributed by atoms with Crippen LogP contribution in [0.15, 0.2) is 24.8 Å². The highest BCUT2D eigenvalue weighted by molar-refractivity contribution is 5.62. The summed E-state index contributed by atoms with van der Waals surface area (Å²) in [5.74, 6) is 1.10. The summed E-state index contributed by atoms with van der Waals surface area (Å²) in [4.78, 5) is 22.5. The first kappa shape index (κ1) is 21.2. The lowest BCUT2D eigenvalue weighted by Crippen LogP contribution is -1.78. The first-order chi connectivity index (χ1) is 9.93. The monoisotopic (exact) mass is 298 g/mol. The fraction of sp³-hybridized carbons (Fsp3) is 0.500. The number of H-pyrrole nitrogens is 2. The van der Waals surface area contributed by atoms with E-state index in [0.29, 0.717) is 6.61 Å². The number of hydrogen-bond donors (Lipinski definition) is 4. The van der Waals surface area contributed by atoms with Crippen LogP contribution in [-0.2, 0) is 4.79 Å². The third-order valence-corrected chi connectivity index (χ3v) is 1.78. The van der Waals surface area contributed by atoms with Gasteiger partial charge in [-0.05, 0) is 20.3 Å². The van der Waals surface area contributed by atoms with Crippen molar-refractivity contribution in [2.45, 2.75) is 40.5 Å². The smallest absolute Gasteiger partial charge is 0.300 e. The molecule has 7 heteroatoms. The number of carboxylic acids is 1. The average molecular weight is 298 g/mol. The number of nitrogens with zero attached hydrogens (tertiary/aromatic N) is 2. The van der Waals surface area contributed by atoms with Gasteiger partial charge in [0.1, 0.15) is 11.6 Å². The zero-order valence-corrected chi connectivity index (χ0v) is 13.1. The van der Waals surface area contributed by atoms with Crippen molar-refractivity contribution >= 4 is 5.97 Å². The minimum Gasteiger partial charge on any atom is -0.481 e. The predicted octanol–water partition coefficient (Wildman–Crippen LogP) is 2.31.